The van der Waals surface area contributed by atoms with Crippen molar-refractivity contribution in [1.82, 2.24) is 0 Å². The Morgan fingerprint density at radius 2 is 1.39 bits per heavy atom. The van der Waals surface area contributed by atoms with Gasteiger partial charge in [-0.25, -0.2) is 9.59 Å². The fraction of sp³-hybridized carbons (Fsp3) is 0.630. The molecule has 0 radical (unpaired) electrons. The molecule has 1 aromatic rings. The Bertz CT molecular complexity index is 993. The van der Waals surface area contributed by atoms with E-state index < -0.39 is 59.4 Å². The molecule has 0 aliphatic rings. The van der Waals surface area contributed by atoms with Crippen molar-refractivity contribution < 1.29 is 48.0 Å². The van der Waals surface area contributed by atoms with Crippen LogP contribution in [0.2, 0.25) is 0 Å². The summed E-state index contributed by atoms with van der Waals surface area (Å²) in [6.45, 7) is 15.1. The number of rotatable bonds is 10. The normalized spacial score (nSPS) is 14.9. The van der Waals surface area contributed by atoms with Gasteiger partial charge >= 0.3 is 24.2 Å². The van der Waals surface area contributed by atoms with Crippen LogP contribution in [0.4, 0.5) is 9.59 Å². The number of esters is 1. The molecule has 0 spiro atoms. The Hall–Kier alpha value is -3.34. The van der Waals surface area contributed by atoms with Crippen LogP contribution in [-0.2, 0) is 23.8 Å². The van der Waals surface area contributed by atoms with Crippen LogP contribution in [0.1, 0.15) is 86.6 Å². The average Bonchev–Trinajstić information content (AvgIpc) is 2.72. The van der Waals surface area contributed by atoms with Crippen molar-refractivity contribution in [2.75, 3.05) is 0 Å². The SMILES string of the molecule is CCCC(=O)OC(C)C(C)C(c1ccc(OC(=O)OC(C)(C)C)c(OC(=O)OC(C)(C)C)c1)[C@H](N)C(=O)O. The minimum absolute atomic E-state index is 0.161. The molecule has 0 fully saturated rings. The second-order valence-corrected chi connectivity index (χ2v) is 11.0. The Morgan fingerprint density at radius 1 is 0.895 bits per heavy atom. The number of carboxylic acid groups (broad SMARTS) is 1. The predicted octanol–water partition coefficient (Wildman–Crippen LogP) is 5.18. The zero-order valence-electron chi connectivity index (χ0n) is 23.7. The number of hydrogen-bond acceptors (Lipinski definition) is 10. The fourth-order valence-electron chi connectivity index (χ4n) is 3.48. The van der Waals surface area contributed by atoms with Gasteiger partial charge in [-0.15, -0.1) is 0 Å². The molecule has 0 aromatic heterocycles. The molecule has 214 valence electrons. The van der Waals surface area contributed by atoms with Crippen LogP contribution in [0.15, 0.2) is 18.2 Å². The van der Waals surface area contributed by atoms with Crippen LogP contribution in [-0.4, -0.2) is 52.7 Å². The lowest BCUT2D eigenvalue weighted by Gasteiger charge is -2.32. The summed E-state index contributed by atoms with van der Waals surface area (Å²) >= 11 is 0. The summed E-state index contributed by atoms with van der Waals surface area (Å²) in [5.41, 5.74) is 4.70. The maximum atomic E-state index is 12.5. The van der Waals surface area contributed by atoms with E-state index in [2.05, 4.69) is 0 Å². The summed E-state index contributed by atoms with van der Waals surface area (Å²) in [5, 5.41) is 9.71. The van der Waals surface area contributed by atoms with Gasteiger partial charge in [0.05, 0.1) is 0 Å². The van der Waals surface area contributed by atoms with Crippen molar-refractivity contribution in [2.24, 2.45) is 11.7 Å². The van der Waals surface area contributed by atoms with E-state index in [1.807, 2.05) is 6.92 Å². The Balaban J connectivity index is 3.50. The summed E-state index contributed by atoms with van der Waals surface area (Å²) < 4.78 is 26.5. The van der Waals surface area contributed by atoms with Crippen molar-refractivity contribution >= 4 is 24.2 Å². The van der Waals surface area contributed by atoms with E-state index in [0.717, 1.165) is 0 Å². The molecule has 1 aromatic carbocycles. The molecule has 38 heavy (non-hydrogen) atoms. The molecule has 11 nitrogen and oxygen atoms in total. The second-order valence-electron chi connectivity index (χ2n) is 11.0. The van der Waals surface area contributed by atoms with Gasteiger partial charge in [-0.2, -0.15) is 0 Å². The predicted molar refractivity (Wildman–Crippen MR) is 138 cm³/mol. The van der Waals surface area contributed by atoms with Crippen LogP contribution in [0.5, 0.6) is 11.5 Å². The largest absolute Gasteiger partial charge is 0.514 e. The van der Waals surface area contributed by atoms with Crippen LogP contribution in [0, 0.1) is 5.92 Å². The van der Waals surface area contributed by atoms with Crippen molar-refractivity contribution in [3.05, 3.63) is 23.8 Å². The van der Waals surface area contributed by atoms with Crippen molar-refractivity contribution in [3.8, 4) is 11.5 Å². The third-order valence-electron chi connectivity index (χ3n) is 5.27. The van der Waals surface area contributed by atoms with E-state index in [0.29, 0.717) is 12.0 Å². The Labute approximate surface area is 223 Å². The molecule has 0 bridgehead atoms. The minimum atomic E-state index is -1.40. The third kappa shape index (κ3) is 11.0. The zero-order chi connectivity index (χ0) is 29.4. The Kier molecular flexibility index (Phi) is 11.6. The van der Waals surface area contributed by atoms with Gasteiger partial charge < -0.3 is 34.5 Å². The van der Waals surface area contributed by atoms with E-state index in [4.69, 9.17) is 29.4 Å². The van der Waals surface area contributed by atoms with E-state index in [9.17, 15) is 24.3 Å². The molecule has 0 aliphatic heterocycles. The van der Waals surface area contributed by atoms with Gasteiger partial charge in [0.1, 0.15) is 23.3 Å². The molecule has 0 aliphatic carbocycles. The molecule has 11 heteroatoms. The molecule has 3 N–H and O–H groups in total. The number of nitrogens with two attached hydrogens (primary N) is 1. The first-order valence-corrected chi connectivity index (χ1v) is 12.5. The van der Waals surface area contributed by atoms with E-state index >= 15 is 0 Å². The summed E-state index contributed by atoms with van der Waals surface area (Å²) in [7, 11) is 0. The Morgan fingerprint density at radius 3 is 1.84 bits per heavy atom. The maximum absolute atomic E-state index is 12.5. The van der Waals surface area contributed by atoms with Crippen LogP contribution in [0.3, 0.4) is 0 Å². The van der Waals surface area contributed by atoms with Gasteiger partial charge in [0.2, 0.25) is 0 Å². The number of aliphatic carboxylic acids is 1. The smallest absolute Gasteiger partial charge is 0.480 e. The molecule has 0 saturated heterocycles. The molecular formula is C27H41NO10. The van der Waals surface area contributed by atoms with Gasteiger partial charge in [-0.05, 0) is 72.6 Å². The number of hydrogen-bond donors (Lipinski definition) is 2. The molecule has 0 amide bonds. The fourth-order valence-corrected chi connectivity index (χ4v) is 3.48. The highest BCUT2D eigenvalue weighted by atomic mass is 16.8. The molecule has 0 heterocycles. The first-order chi connectivity index (χ1) is 17.3. The third-order valence-corrected chi connectivity index (χ3v) is 5.27. The van der Waals surface area contributed by atoms with Crippen molar-refractivity contribution in [3.63, 3.8) is 0 Å². The molecule has 1 rings (SSSR count). The van der Waals surface area contributed by atoms with Crippen molar-refractivity contribution in [2.45, 2.75) is 104 Å². The maximum Gasteiger partial charge on any atom is 0.514 e. The van der Waals surface area contributed by atoms with Gasteiger partial charge in [0.15, 0.2) is 11.5 Å². The van der Waals surface area contributed by atoms with Gasteiger partial charge in [0.25, 0.3) is 0 Å². The summed E-state index contributed by atoms with van der Waals surface area (Å²) in [5.74, 6) is -3.51. The van der Waals surface area contributed by atoms with E-state index in [-0.39, 0.29) is 17.9 Å². The number of carbonyl (C=O) groups is 4. The number of carboxylic acids is 1. The van der Waals surface area contributed by atoms with Gasteiger partial charge in [0, 0.05) is 18.3 Å². The van der Waals surface area contributed by atoms with Gasteiger partial charge in [-0.3, -0.25) is 9.59 Å². The standard InChI is InChI=1S/C27H41NO10/c1-10-11-20(29)34-16(3)15(2)21(22(28)23(30)31)17-12-13-18(35-24(32)37-26(4,5)6)19(14-17)36-25(33)38-27(7,8)9/h12-16,21-22H,10-11,28H2,1-9H3,(H,30,31)/t15?,16?,21?,22-/m0/s1. The monoisotopic (exact) mass is 539 g/mol. The van der Waals surface area contributed by atoms with E-state index in [1.165, 1.54) is 18.2 Å². The van der Waals surface area contributed by atoms with Crippen LogP contribution < -0.4 is 15.2 Å². The first-order valence-electron chi connectivity index (χ1n) is 12.5. The van der Waals surface area contributed by atoms with E-state index in [1.54, 1.807) is 55.4 Å². The zero-order valence-corrected chi connectivity index (χ0v) is 23.7. The van der Waals surface area contributed by atoms with Crippen LogP contribution in [0.25, 0.3) is 0 Å². The minimum Gasteiger partial charge on any atom is -0.480 e. The number of benzene rings is 1. The number of carbonyl (C=O) groups excluding carboxylic acids is 3. The highest BCUT2D eigenvalue weighted by Gasteiger charge is 2.36. The quantitative estimate of drug-likeness (QED) is 0.229. The highest BCUT2D eigenvalue weighted by molar-refractivity contribution is 5.75. The van der Waals surface area contributed by atoms with Crippen LogP contribution >= 0.6 is 0 Å². The topological polar surface area (TPSA) is 161 Å². The first kappa shape index (κ1) is 32.7. The highest BCUT2D eigenvalue weighted by Crippen LogP contribution is 2.37. The molecule has 4 atom stereocenters. The second kappa shape index (κ2) is 13.5. The summed E-state index contributed by atoms with van der Waals surface area (Å²) in [4.78, 5) is 48.7. The molecular weight excluding hydrogens is 498 g/mol. The summed E-state index contributed by atoms with van der Waals surface area (Å²) in [6.07, 6.45) is -1.97. The molecule has 3 unspecified atom stereocenters. The lowest BCUT2D eigenvalue weighted by atomic mass is 9.79. The summed E-state index contributed by atoms with van der Waals surface area (Å²) in [6, 6.07) is 2.77. The van der Waals surface area contributed by atoms with Crippen molar-refractivity contribution in [1.29, 1.82) is 0 Å². The number of ether oxygens (including phenoxy) is 5. The lowest BCUT2D eigenvalue weighted by molar-refractivity contribution is -0.151. The van der Waals surface area contributed by atoms with Gasteiger partial charge in [-0.1, -0.05) is 19.9 Å². The average molecular weight is 540 g/mol. The lowest BCUT2D eigenvalue weighted by Crippen LogP contribution is -2.42. The molecule has 0 saturated carbocycles.